The van der Waals surface area contributed by atoms with E-state index in [0.717, 1.165) is 22.1 Å². The fourth-order valence-corrected chi connectivity index (χ4v) is 4.27. The van der Waals surface area contributed by atoms with E-state index < -0.39 is 6.09 Å². The van der Waals surface area contributed by atoms with Gasteiger partial charge in [0.15, 0.2) is 5.13 Å². The zero-order chi connectivity index (χ0) is 20.9. The van der Waals surface area contributed by atoms with Gasteiger partial charge in [0.2, 0.25) is 0 Å². The molecule has 1 aromatic carbocycles. The second-order valence-corrected chi connectivity index (χ2v) is 7.66. The predicted molar refractivity (Wildman–Crippen MR) is 115 cm³/mol. The summed E-state index contributed by atoms with van der Waals surface area (Å²) >= 11 is 1.55. The maximum Gasteiger partial charge on any atom is 0.407 e. The molecule has 1 amide bonds. The fraction of sp³-hybridized carbons (Fsp3) is 0.286. The number of aromatic nitrogens is 2. The van der Waals surface area contributed by atoms with Gasteiger partial charge in [0.05, 0.1) is 25.0 Å². The van der Waals surface area contributed by atoms with Crippen LogP contribution in [0.15, 0.2) is 54.2 Å². The Morgan fingerprint density at radius 3 is 2.77 bits per heavy atom. The van der Waals surface area contributed by atoms with E-state index in [1.165, 1.54) is 4.90 Å². The molecule has 0 aliphatic carbocycles. The summed E-state index contributed by atoms with van der Waals surface area (Å²) in [4.78, 5) is 23.9. The molecule has 2 aromatic heterocycles. The summed E-state index contributed by atoms with van der Waals surface area (Å²) in [7, 11) is 1.64. The first-order chi connectivity index (χ1) is 14.6. The molecular weight excluding hydrogens is 404 g/mol. The van der Waals surface area contributed by atoms with Crippen molar-refractivity contribution in [2.45, 2.75) is 6.04 Å². The van der Waals surface area contributed by atoms with Gasteiger partial charge in [-0.2, -0.15) is 0 Å². The molecule has 1 N–H and O–H groups in total. The molecule has 8 nitrogen and oxygen atoms in total. The van der Waals surface area contributed by atoms with E-state index >= 15 is 0 Å². The van der Waals surface area contributed by atoms with E-state index in [9.17, 15) is 9.90 Å². The summed E-state index contributed by atoms with van der Waals surface area (Å²) in [6.45, 7) is 1.68. The maximum absolute atomic E-state index is 11.5. The second-order valence-electron chi connectivity index (χ2n) is 6.82. The van der Waals surface area contributed by atoms with Crippen molar-refractivity contribution in [2.24, 2.45) is 0 Å². The van der Waals surface area contributed by atoms with Crippen LogP contribution in [0.1, 0.15) is 0 Å². The molecule has 1 aliphatic rings. The average molecular weight is 426 g/mol. The third-order valence-electron chi connectivity index (χ3n) is 4.95. The van der Waals surface area contributed by atoms with Crippen molar-refractivity contribution in [3.63, 3.8) is 0 Å². The Bertz CT molecular complexity index is 980. The van der Waals surface area contributed by atoms with Gasteiger partial charge in [-0.1, -0.05) is 0 Å². The van der Waals surface area contributed by atoms with E-state index in [0.29, 0.717) is 32.0 Å². The van der Waals surface area contributed by atoms with Gasteiger partial charge in [-0.25, -0.2) is 9.78 Å². The molecule has 1 unspecified atom stereocenters. The van der Waals surface area contributed by atoms with Gasteiger partial charge in [0, 0.05) is 36.8 Å². The molecule has 1 atom stereocenters. The molecule has 1 fully saturated rings. The summed E-state index contributed by atoms with van der Waals surface area (Å²) in [5, 5.41) is 12.3. The van der Waals surface area contributed by atoms with Crippen molar-refractivity contribution < 1.29 is 19.4 Å². The van der Waals surface area contributed by atoms with E-state index in [4.69, 9.17) is 14.5 Å². The molecule has 30 heavy (non-hydrogen) atoms. The van der Waals surface area contributed by atoms with Crippen molar-refractivity contribution in [1.29, 1.82) is 0 Å². The third kappa shape index (κ3) is 4.46. The zero-order valence-electron chi connectivity index (χ0n) is 16.5. The summed E-state index contributed by atoms with van der Waals surface area (Å²) in [6, 6.07) is 11.3. The van der Waals surface area contributed by atoms with Crippen LogP contribution in [0.4, 0.5) is 9.93 Å². The average Bonchev–Trinajstić information content (AvgIpc) is 3.28. The number of benzene rings is 1. The number of hydrogen-bond acceptors (Lipinski definition) is 7. The van der Waals surface area contributed by atoms with Gasteiger partial charge >= 0.3 is 6.09 Å². The first-order valence-electron chi connectivity index (χ1n) is 9.51. The van der Waals surface area contributed by atoms with Crippen molar-refractivity contribution in [2.75, 3.05) is 38.3 Å². The molecule has 3 heterocycles. The Morgan fingerprint density at radius 2 is 2.07 bits per heavy atom. The molecule has 1 aliphatic heterocycles. The summed E-state index contributed by atoms with van der Waals surface area (Å²) in [5.74, 6) is 1.45. The number of thiazole rings is 1. The van der Waals surface area contributed by atoms with Crippen molar-refractivity contribution in [3.8, 4) is 22.8 Å². The van der Waals surface area contributed by atoms with Gasteiger partial charge in [0.1, 0.15) is 18.1 Å². The highest BCUT2D eigenvalue weighted by Gasteiger charge is 2.31. The highest BCUT2D eigenvalue weighted by Crippen LogP contribution is 2.31. The Kier molecular flexibility index (Phi) is 5.99. The normalized spacial score (nSPS) is 16.4. The summed E-state index contributed by atoms with van der Waals surface area (Å²) < 4.78 is 11.1. The first-order valence-corrected chi connectivity index (χ1v) is 10.4. The molecular formula is C21H22N4O4S. The Labute approximate surface area is 178 Å². The van der Waals surface area contributed by atoms with Crippen molar-refractivity contribution in [1.82, 2.24) is 14.9 Å². The largest absolute Gasteiger partial charge is 0.497 e. The monoisotopic (exact) mass is 426 g/mol. The number of ether oxygens (including phenoxy) is 2. The van der Waals surface area contributed by atoms with Gasteiger partial charge < -0.3 is 24.4 Å². The van der Waals surface area contributed by atoms with E-state index in [2.05, 4.69) is 9.88 Å². The molecule has 3 aromatic rings. The Morgan fingerprint density at radius 1 is 1.23 bits per heavy atom. The molecule has 156 valence electrons. The number of nitrogens with zero attached hydrogens (tertiary/aromatic N) is 4. The molecule has 1 saturated heterocycles. The molecule has 9 heteroatoms. The van der Waals surface area contributed by atoms with Crippen LogP contribution in [-0.4, -0.2) is 65.5 Å². The number of piperazine rings is 1. The lowest BCUT2D eigenvalue weighted by molar-refractivity contribution is 0.126. The molecule has 0 spiro atoms. The minimum atomic E-state index is -0.918. The predicted octanol–water partition coefficient (Wildman–Crippen LogP) is 3.46. The molecule has 4 rings (SSSR count). The maximum atomic E-state index is 11.5. The van der Waals surface area contributed by atoms with Gasteiger partial charge in [-0.3, -0.25) is 4.98 Å². The number of carbonyl (C=O) groups is 1. The fourth-order valence-electron chi connectivity index (χ4n) is 3.34. The lowest BCUT2D eigenvalue weighted by Gasteiger charge is -2.40. The van der Waals surface area contributed by atoms with Crippen LogP contribution in [0.25, 0.3) is 11.3 Å². The van der Waals surface area contributed by atoms with E-state index in [-0.39, 0.29) is 6.04 Å². The highest BCUT2D eigenvalue weighted by atomic mass is 32.1. The Hall–Kier alpha value is -3.33. The van der Waals surface area contributed by atoms with Crippen molar-refractivity contribution in [3.05, 3.63) is 54.2 Å². The lowest BCUT2D eigenvalue weighted by atomic mass is 10.1. The summed E-state index contributed by atoms with van der Waals surface area (Å²) in [6.07, 6.45) is 2.41. The number of hydrogen-bond donors (Lipinski definition) is 1. The Balaban J connectivity index is 1.52. The minimum Gasteiger partial charge on any atom is -0.497 e. The number of rotatable bonds is 6. The number of methoxy groups -OCH3 is 1. The number of anilines is 1. The zero-order valence-corrected chi connectivity index (χ0v) is 17.3. The van der Waals surface area contributed by atoms with Crippen molar-refractivity contribution >= 4 is 22.6 Å². The lowest BCUT2D eigenvalue weighted by Crippen LogP contribution is -2.56. The molecule has 0 bridgehead atoms. The topological polar surface area (TPSA) is 88.0 Å². The SMILES string of the molecule is COc1ccc(-c2csc(N3CCN(C(=O)O)CC3COc3cccnc3)n2)cc1. The van der Waals surface area contributed by atoms with E-state index in [1.807, 2.05) is 35.7 Å². The van der Waals surface area contributed by atoms with Crippen LogP contribution in [-0.2, 0) is 0 Å². The highest BCUT2D eigenvalue weighted by molar-refractivity contribution is 7.14. The van der Waals surface area contributed by atoms with Crippen LogP contribution < -0.4 is 14.4 Å². The summed E-state index contributed by atoms with van der Waals surface area (Å²) in [5.41, 5.74) is 1.89. The van der Waals surface area contributed by atoms with Gasteiger partial charge in [0.25, 0.3) is 0 Å². The van der Waals surface area contributed by atoms with Crippen LogP contribution in [0.3, 0.4) is 0 Å². The number of pyridine rings is 1. The van der Waals surface area contributed by atoms with Crippen LogP contribution in [0.5, 0.6) is 11.5 Å². The third-order valence-corrected chi connectivity index (χ3v) is 5.83. The van der Waals surface area contributed by atoms with Gasteiger partial charge in [-0.15, -0.1) is 11.3 Å². The van der Waals surface area contributed by atoms with Gasteiger partial charge in [-0.05, 0) is 36.4 Å². The second kappa shape index (κ2) is 9.00. The smallest absolute Gasteiger partial charge is 0.407 e. The van der Waals surface area contributed by atoms with Crippen LogP contribution in [0, 0.1) is 0 Å². The minimum absolute atomic E-state index is 0.148. The first kappa shape index (κ1) is 20.0. The number of amides is 1. The molecule has 0 saturated carbocycles. The van der Waals surface area contributed by atoms with Crippen LogP contribution in [0.2, 0.25) is 0 Å². The molecule has 0 radical (unpaired) electrons. The van der Waals surface area contributed by atoms with E-state index in [1.54, 1.807) is 36.9 Å². The number of carboxylic acid groups (broad SMARTS) is 1. The standard InChI is InChI=1S/C21H22N4O4S/c1-28-17-6-4-15(5-7-17)19-14-30-20(23-19)25-10-9-24(21(26)27)12-16(25)13-29-18-3-2-8-22-11-18/h2-8,11,14,16H,9-10,12-13H2,1H3,(H,26,27). The quantitative estimate of drug-likeness (QED) is 0.646. The van der Waals surface area contributed by atoms with Crippen LogP contribution >= 0.6 is 11.3 Å².